The maximum Gasteiger partial charge on any atom is 0.121 e. The predicted octanol–water partition coefficient (Wildman–Crippen LogP) is 3.02. The van der Waals surface area contributed by atoms with Gasteiger partial charge in [0.2, 0.25) is 0 Å². The minimum Gasteiger partial charge on any atom is -0.497 e. The molecule has 0 aliphatic heterocycles. The SMILES string of the molecule is COc1ccc(N)c(N(C)CCc2cccs2)c1. The van der Waals surface area contributed by atoms with E-state index < -0.39 is 0 Å². The van der Waals surface area contributed by atoms with E-state index in [2.05, 4.69) is 29.5 Å². The van der Waals surface area contributed by atoms with E-state index in [9.17, 15) is 0 Å². The zero-order chi connectivity index (χ0) is 13.0. The van der Waals surface area contributed by atoms with Gasteiger partial charge < -0.3 is 15.4 Å². The molecule has 1 aromatic carbocycles. The maximum absolute atomic E-state index is 6.00. The molecule has 2 N–H and O–H groups in total. The molecule has 0 unspecified atom stereocenters. The first-order valence-electron chi connectivity index (χ1n) is 5.87. The van der Waals surface area contributed by atoms with E-state index in [4.69, 9.17) is 10.5 Å². The van der Waals surface area contributed by atoms with Crippen LogP contribution in [-0.4, -0.2) is 20.7 Å². The molecule has 0 aliphatic rings. The number of methoxy groups -OCH3 is 1. The van der Waals surface area contributed by atoms with Crippen LogP contribution in [0, 0.1) is 0 Å². The van der Waals surface area contributed by atoms with Crippen molar-refractivity contribution in [3.05, 3.63) is 40.6 Å². The van der Waals surface area contributed by atoms with Crippen LogP contribution in [0.15, 0.2) is 35.7 Å². The third kappa shape index (κ3) is 2.96. The standard InChI is InChI=1S/C14H18N2OS/c1-16(8-7-12-4-3-9-18-12)14-10-11(17-2)5-6-13(14)15/h3-6,9-10H,7-8,15H2,1-2H3. The van der Waals surface area contributed by atoms with Crippen molar-refractivity contribution in [1.82, 2.24) is 0 Å². The molecule has 18 heavy (non-hydrogen) atoms. The van der Waals surface area contributed by atoms with E-state index in [-0.39, 0.29) is 0 Å². The van der Waals surface area contributed by atoms with E-state index in [0.717, 1.165) is 30.1 Å². The summed E-state index contributed by atoms with van der Waals surface area (Å²) in [4.78, 5) is 3.56. The Labute approximate surface area is 112 Å². The zero-order valence-electron chi connectivity index (χ0n) is 10.7. The lowest BCUT2D eigenvalue weighted by Crippen LogP contribution is -2.21. The molecule has 0 saturated carbocycles. The minimum absolute atomic E-state index is 0.782. The van der Waals surface area contributed by atoms with E-state index >= 15 is 0 Å². The molecular formula is C14H18N2OS. The smallest absolute Gasteiger partial charge is 0.121 e. The van der Waals surface area contributed by atoms with E-state index in [0.29, 0.717) is 0 Å². The number of nitrogens with zero attached hydrogens (tertiary/aromatic N) is 1. The molecule has 0 spiro atoms. The second kappa shape index (κ2) is 5.78. The summed E-state index contributed by atoms with van der Waals surface area (Å²) >= 11 is 1.79. The van der Waals surface area contributed by atoms with Crippen molar-refractivity contribution >= 4 is 22.7 Å². The van der Waals surface area contributed by atoms with Crippen molar-refractivity contribution in [2.24, 2.45) is 0 Å². The van der Waals surface area contributed by atoms with Crippen molar-refractivity contribution in [2.45, 2.75) is 6.42 Å². The Morgan fingerprint density at radius 3 is 2.83 bits per heavy atom. The number of rotatable bonds is 5. The van der Waals surface area contributed by atoms with Crippen LogP contribution in [0.4, 0.5) is 11.4 Å². The minimum atomic E-state index is 0.782. The Morgan fingerprint density at radius 2 is 2.17 bits per heavy atom. The second-order valence-electron chi connectivity index (χ2n) is 4.18. The van der Waals surface area contributed by atoms with Gasteiger partial charge in [-0.1, -0.05) is 6.07 Å². The van der Waals surface area contributed by atoms with Gasteiger partial charge in [0.1, 0.15) is 5.75 Å². The van der Waals surface area contributed by atoms with Crippen molar-refractivity contribution in [3.63, 3.8) is 0 Å². The Bertz CT molecular complexity index is 497. The fourth-order valence-corrected chi connectivity index (χ4v) is 2.53. The Balaban J connectivity index is 2.05. The summed E-state index contributed by atoms with van der Waals surface area (Å²) in [7, 11) is 3.72. The molecule has 0 bridgehead atoms. The first-order valence-corrected chi connectivity index (χ1v) is 6.75. The first-order chi connectivity index (χ1) is 8.70. The molecule has 3 nitrogen and oxygen atoms in total. The number of ether oxygens (including phenoxy) is 1. The number of anilines is 2. The molecule has 0 radical (unpaired) electrons. The molecule has 0 atom stereocenters. The van der Waals surface area contributed by atoms with E-state index in [1.165, 1.54) is 4.88 Å². The molecule has 4 heteroatoms. The van der Waals surface area contributed by atoms with Crippen molar-refractivity contribution in [1.29, 1.82) is 0 Å². The highest BCUT2D eigenvalue weighted by molar-refractivity contribution is 7.09. The molecule has 96 valence electrons. The quantitative estimate of drug-likeness (QED) is 0.842. The summed E-state index contributed by atoms with van der Waals surface area (Å²) in [5.74, 6) is 0.835. The number of benzene rings is 1. The van der Waals surface area contributed by atoms with Crippen molar-refractivity contribution in [3.8, 4) is 5.75 Å². The van der Waals surface area contributed by atoms with Crippen molar-refractivity contribution < 1.29 is 4.74 Å². The molecule has 1 heterocycles. The summed E-state index contributed by atoms with van der Waals surface area (Å²) in [5.41, 5.74) is 7.80. The van der Waals surface area contributed by atoms with Gasteiger partial charge in [0.15, 0.2) is 0 Å². The highest BCUT2D eigenvalue weighted by atomic mass is 32.1. The zero-order valence-corrected chi connectivity index (χ0v) is 11.5. The molecule has 2 rings (SSSR count). The lowest BCUT2D eigenvalue weighted by Gasteiger charge is -2.21. The first kappa shape index (κ1) is 12.8. The van der Waals surface area contributed by atoms with E-state index in [1.807, 2.05) is 18.2 Å². The van der Waals surface area contributed by atoms with Crippen molar-refractivity contribution in [2.75, 3.05) is 31.3 Å². The highest BCUT2D eigenvalue weighted by Gasteiger charge is 2.07. The maximum atomic E-state index is 6.00. The largest absolute Gasteiger partial charge is 0.497 e. The molecule has 2 aromatic rings. The van der Waals surface area contributed by atoms with Gasteiger partial charge in [0, 0.05) is 24.5 Å². The lowest BCUT2D eigenvalue weighted by atomic mass is 10.2. The number of thiophene rings is 1. The highest BCUT2D eigenvalue weighted by Crippen LogP contribution is 2.27. The Kier molecular flexibility index (Phi) is 4.10. The summed E-state index contributed by atoms with van der Waals surface area (Å²) < 4.78 is 5.23. The molecule has 0 fully saturated rings. The summed E-state index contributed by atoms with van der Waals surface area (Å²) in [6, 6.07) is 9.98. The third-order valence-electron chi connectivity index (χ3n) is 2.92. The second-order valence-corrected chi connectivity index (χ2v) is 5.21. The van der Waals surface area contributed by atoms with E-state index in [1.54, 1.807) is 18.4 Å². The predicted molar refractivity (Wildman–Crippen MR) is 78.7 cm³/mol. The van der Waals surface area contributed by atoms with Gasteiger partial charge in [0.25, 0.3) is 0 Å². The van der Waals surface area contributed by atoms with Crippen LogP contribution in [-0.2, 0) is 6.42 Å². The molecule has 1 aromatic heterocycles. The number of likely N-dealkylation sites (N-methyl/N-ethyl adjacent to an activating group) is 1. The summed E-state index contributed by atoms with van der Waals surface area (Å²) in [6.45, 7) is 0.942. The van der Waals surface area contributed by atoms with Crippen LogP contribution in [0.2, 0.25) is 0 Å². The number of hydrogen-bond donors (Lipinski definition) is 1. The van der Waals surface area contributed by atoms with Crippen LogP contribution in [0.1, 0.15) is 4.88 Å². The van der Waals surface area contributed by atoms with Crippen LogP contribution in [0.3, 0.4) is 0 Å². The van der Waals surface area contributed by atoms with Gasteiger partial charge in [0.05, 0.1) is 18.5 Å². The van der Waals surface area contributed by atoms with Gasteiger partial charge in [-0.2, -0.15) is 0 Å². The molecule has 0 aliphatic carbocycles. The third-order valence-corrected chi connectivity index (χ3v) is 3.86. The lowest BCUT2D eigenvalue weighted by molar-refractivity contribution is 0.415. The van der Waals surface area contributed by atoms with Gasteiger partial charge in [-0.25, -0.2) is 0 Å². The molecule has 0 saturated heterocycles. The Hall–Kier alpha value is -1.68. The Morgan fingerprint density at radius 1 is 1.33 bits per heavy atom. The van der Waals surface area contributed by atoms with Crippen LogP contribution in [0.5, 0.6) is 5.75 Å². The fraction of sp³-hybridized carbons (Fsp3) is 0.286. The van der Waals surface area contributed by atoms with Gasteiger partial charge in [-0.15, -0.1) is 11.3 Å². The number of nitrogens with two attached hydrogens (primary N) is 1. The molecular weight excluding hydrogens is 244 g/mol. The van der Waals surface area contributed by atoms with Gasteiger partial charge in [-0.05, 0) is 30.0 Å². The monoisotopic (exact) mass is 262 g/mol. The normalized spacial score (nSPS) is 10.3. The van der Waals surface area contributed by atoms with Gasteiger partial charge in [-0.3, -0.25) is 0 Å². The van der Waals surface area contributed by atoms with Gasteiger partial charge >= 0.3 is 0 Å². The summed E-state index contributed by atoms with van der Waals surface area (Å²) in [6.07, 6.45) is 1.03. The average molecular weight is 262 g/mol. The molecule has 0 amide bonds. The topological polar surface area (TPSA) is 38.5 Å². The fourth-order valence-electron chi connectivity index (χ4n) is 1.83. The summed E-state index contributed by atoms with van der Waals surface area (Å²) in [5, 5.41) is 2.11. The number of hydrogen-bond acceptors (Lipinski definition) is 4. The number of nitrogen functional groups attached to an aromatic ring is 1. The van der Waals surface area contributed by atoms with Crippen LogP contribution < -0.4 is 15.4 Å². The average Bonchev–Trinajstić information content (AvgIpc) is 2.89. The van der Waals surface area contributed by atoms with Crippen LogP contribution in [0.25, 0.3) is 0 Å². The van der Waals surface area contributed by atoms with Crippen LogP contribution >= 0.6 is 11.3 Å².